The zero-order valence-electron chi connectivity index (χ0n) is 7.73. The average molecular weight is 217 g/mol. The first-order valence-electron chi connectivity index (χ1n) is 4.32. The van der Waals surface area contributed by atoms with E-state index in [9.17, 15) is 4.21 Å². The molecule has 1 heterocycles. The molecule has 0 aromatic carbocycles. The molecule has 0 spiro atoms. The van der Waals surface area contributed by atoms with Crippen LogP contribution in [0.25, 0.3) is 0 Å². The highest BCUT2D eigenvalue weighted by Gasteiger charge is 2.08. The lowest BCUT2D eigenvalue weighted by molar-refractivity contribution is 0.672. The number of nitrogens with two attached hydrogens (primary N) is 1. The molecular weight excluding hydrogens is 202 g/mol. The number of aryl methyl sites for hydroxylation is 1. The van der Waals surface area contributed by atoms with Gasteiger partial charge in [-0.25, -0.2) is 0 Å². The van der Waals surface area contributed by atoms with Gasteiger partial charge < -0.3 is 5.73 Å². The minimum Gasteiger partial charge on any atom is -0.329 e. The van der Waals surface area contributed by atoms with Gasteiger partial charge in [-0.05, 0) is 35.7 Å². The van der Waals surface area contributed by atoms with Gasteiger partial charge in [-0.1, -0.05) is 0 Å². The second-order valence-electron chi connectivity index (χ2n) is 3.01. The summed E-state index contributed by atoms with van der Waals surface area (Å²) in [5, 5.41) is 4.27. The predicted octanol–water partition coefficient (Wildman–Crippen LogP) is 1.39. The van der Waals surface area contributed by atoms with E-state index < -0.39 is 10.8 Å². The molecule has 2 nitrogen and oxygen atoms in total. The molecule has 2 N–H and O–H groups in total. The minimum absolute atomic E-state index is 0.124. The van der Waals surface area contributed by atoms with Crippen LogP contribution < -0.4 is 5.73 Å². The Labute approximate surface area is 85.6 Å². The largest absolute Gasteiger partial charge is 0.329 e. The van der Waals surface area contributed by atoms with Crippen molar-refractivity contribution in [1.82, 2.24) is 0 Å². The van der Waals surface area contributed by atoms with Crippen LogP contribution >= 0.6 is 11.3 Å². The Kier molecular flexibility index (Phi) is 4.62. The van der Waals surface area contributed by atoms with Gasteiger partial charge in [-0.2, -0.15) is 11.3 Å². The molecule has 0 aliphatic rings. The molecule has 4 heteroatoms. The third kappa shape index (κ3) is 3.58. The molecule has 74 valence electrons. The minimum atomic E-state index is -0.770. The molecule has 0 radical (unpaired) electrons. The molecule has 0 bridgehead atoms. The van der Waals surface area contributed by atoms with Crippen LogP contribution in [0.15, 0.2) is 16.8 Å². The van der Waals surface area contributed by atoms with E-state index in [0.717, 1.165) is 12.2 Å². The average Bonchev–Trinajstić information content (AvgIpc) is 2.65. The van der Waals surface area contributed by atoms with Crippen LogP contribution in [-0.4, -0.2) is 21.8 Å². The molecule has 1 aromatic rings. The highest BCUT2D eigenvalue weighted by atomic mass is 32.2. The van der Waals surface area contributed by atoms with Crippen LogP contribution in [0, 0.1) is 0 Å². The lowest BCUT2D eigenvalue weighted by Crippen LogP contribution is -2.24. The van der Waals surface area contributed by atoms with Gasteiger partial charge in [0.1, 0.15) is 0 Å². The SMILES string of the molecule is CC(CN)S(=O)CCc1ccsc1. The van der Waals surface area contributed by atoms with Crippen LogP contribution in [-0.2, 0) is 17.2 Å². The number of thiophene rings is 1. The van der Waals surface area contributed by atoms with Crippen LogP contribution in [0.2, 0.25) is 0 Å². The van der Waals surface area contributed by atoms with Gasteiger partial charge in [-0.15, -0.1) is 0 Å². The van der Waals surface area contributed by atoms with Crippen molar-refractivity contribution < 1.29 is 4.21 Å². The molecule has 0 aliphatic carbocycles. The summed E-state index contributed by atoms with van der Waals surface area (Å²) in [6.45, 7) is 2.44. The van der Waals surface area contributed by atoms with Crippen LogP contribution in [0.4, 0.5) is 0 Å². The van der Waals surface area contributed by atoms with E-state index in [1.807, 2.05) is 12.3 Å². The van der Waals surface area contributed by atoms with Gasteiger partial charge in [0.15, 0.2) is 0 Å². The summed E-state index contributed by atoms with van der Waals surface area (Å²) in [7, 11) is -0.770. The van der Waals surface area contributed by atoms with Crippen molar-refractivity contribution in [3.8, 4) is 0 Å². The van der Waals surface area contributed by atoms with E-state index in [4.69, 9.17) is 5.73 Å². The van der Waals surface area contributed by atoms with Crippen molar-refractivity contribution in [3.05, 3.63) is 22.4 Å². The summed E-state index contributed by atoms with van der Waals surface area (Å²) in [4.78, 5) is 0. The Bertz CT molecular complexity index is 259. The number of hydrogen-bond donors (Lipinski definition) is 1. The standard InChI is InChI=1S/C9H15NOS2/c1-8(6-10)13(11)5-3-9-2-4-12-7-9/h2,4,7-8H,3,5-6,10H2,1H3. The third-order valence-electron chi connectivity index (χ3n) is 1.95. The molecule has 13 heavy (non-hydrogen) atoms. The second-order valence-corrected chi connectivity index (χ2v) is 5.77. The van der Waals surface area contributed by atoms with Crippen molar-refractivity contribution in [3.63, 3.8) is 0 Å². The zero-order valence-corrected chi connectivity index (χ0v) is 9.37. The van der Waals surface area contributed by atoms with Crippen LogP contribution in [0.5, 0.6) is 0 Å². The van der Waals surface area contributed by atoms with Gasteiger partial charge in [0.2, 0.25) is 0 Å². The van der Waals surface area contributed by atoms with Gasteiger partial charge >= 0.3 is 0 Å². The van der Waals surface area contributed by atoms with Crippen molar-refractivity contribution >= 4 is 22.1 Å². The first kappa shape index (κ1) is 10.9. The highest BCUT2D eigenvalue weighted by Crippen LogP contribution is 2.08. The first-order chi connectivity index (χ1) is 6.24. The quantitative estimate of drug-likeness (QED) is 0.810. The molecule has 0 fully saturated rings. The van der Waals surface area contributed by atoms with E-state index in [2.05, 4.69) is 11.4 Å². The van der Waals surface area contributed by atoms with E-state index in [0.29, 0.717) is 6.54 Å². The summed E-state index contributed by atoms with van der Waals surface area (Å²) in [6.07, 6.45) is 0.903. The van der Waals surface area contributed by atoms with Crippen molar-refractivity contribution in [1.29, 1.82) is 0 Å². The van der Waals surface area contributed by atoms with Gasteiger partial charge in [0, 0.05) is 28.3 Å². The normalized spacial score (nSPS) is 15.5. The number of rotatable bonds is 5. The Morgan fingerprint density at radius 2 is 2.46 bits per heavy atom. The Balaban J connectivity index is 2.31. The van der Waals surface area contributed by atoms with Gasteiger partial charge in [0.05, 0.1) is 0 Å². The molecule has 2 unspecified atom stereocenters. The van der Waals surface area contributed by atoms with Gasteiger partial charge in [-0.3, -0.25) is 4.21 Å². The third-order valence-corrected chi connectivity index (χ3v) is 4.38. The molecular formula is C9H15NOS2. The Morgan fingerprint density at radius 1 is 1.69 bits per heavy atom. The van der Waals surface area contributed by atoms with Crippen molar-refractivity contribution in [2.45, 2.75) is 18.6 Å². The molecule has 0 aliphatic heterocycles. The number of hydrogen-bond acceptors (Lipinski definition) is 3. The fraction of sp³-hybridized carbons (Fsp3) is 0.556. The molecule has 0 saturated carbocycles. The topological polar surface area (TPSA) is 43.1 Å². The maximum Gasteiger partial charge on any atom is 0.0442 e. The summed E-state index contributed by atoms with van der Waals surface area (Å²) < 4.78 is 11.5. The van der Waals surface area contributed by atoms with Crippen LogP contribution in [0.3, 0.4) is 0 Å². The summed E-state index contributed by atoms with van der Waals surface area (Å²) in [5.74, 6) is 0.731. The monoisotopic (exact) mass is 217 g/mol. The lowest BCUT2D eigenvalue weighted by atomic mass is 10.3. The van der Waals surface area contributed by atoms with E-state index in [1.54, 1.807) is 11.3 Å². The van der Waals surface area contributed by atoms with Crippen LogP contribution in [0.1, 0.15) is 12.5 Å². The summed E-state index contributed by atoms with van der Waals surface area (Å²) >= 11 is 1.68. The van der Waals surface area contributed by atoms with Crippen molar-refractivity contribution in [2.75, 3.05) is 12.3 Å². The van der Waals surface area contributed by atoms with Gasteiger partial charge in [0.25, 0.3) is 0 Å². The van der Waals surface area contributed by atoms with E-state index >= 15 is 0 Å². The Hall–Kier alpha value is -0.190. The highest BCUT2D eigenvalue weighted by molar-refractivity contribution is 7.85. The molecule has 2 atom stereocenters. The molecule has 1 aromatic heterocycles. The van der Waals surface area contributed by atoms with Crippen molar-refractivity contribution in [2.24, 2.45) is 5.73 Å². The van der Waals surface area contributed by atoms with E-state index in [-0.39, 0.29) is 5.25 Å². The zero-order chi connectivity index (χ0) is 9.68. The second kappa shape index (κ2) is 5.52. The molecule has 0 saturated heterocycles. The summed E-state index contributed by atoms with van der Waals surface area (Å²) in [5.41, 5.74) is 6.71. The molecule has 1 rings (SSSR count). The maximum absolute atomic E-state index is 11.5. The lowest BCUT2D eigenvalue weighted by Gasteiger charge is -2.07. The van der Waals surface area contributed by atoms with E-state index in [1.165, 1.54) is 5.56 Å². The fourth-order valence-corrected chi connectivity index (χ4v) is 2.72. The smallest absolute Gasteiger partial charge is 0.0442 e. The summed E-state index contributed by atoms with van der Waals surface area (Å²) in [6, 6.07) is 2.08. The predicted molar refractivity (Wildman–Crippen MR) is 59.5 cm³/mol. The fourth-order valence-electron chi connectivity index (χ4n) is 0.962. The molecule has 0 amide bonds. The Morgan fingerprint density at radius 3 is 3.00 bits per heavy atom. The first-order valence-corrected chi connectivity index (χ1v) is 6.65. The maximum atomic E-state index is 11.5.